The van der Waals surface area contributed by atoms with Crippen LogP contribution >= 0.6 is 0 Å². The SMILES string of the molecule is CN1CCCC(N(C)c2ccc(C=O)cc2[N+](=O)[O-])C1. The second kappa shape index (κ2) is 6.00. The van der Waals surface area contributed by atoms with Crippen LogP contribution in [0.3, 0.4) is 0 Å². The molecule has 0 aromatic heterocycles. The summed E-state index contributed by atoms with van der Waals surface area (Å²) in [6.45, 7) is 1.96. The van der Waals surface area contributed by atoms with Crippen molar-refractivity contribution < 1.29 is 9.72 Å². The predicted octanol–water partition coefficient (Wildman–Crippen LogP) is 1.94. The van der Waals surface area contributed by atoms with Gasteiger partial charge >= 0.3 is 0 Å². The molecule has 0 bridgehead atoms. The van der Waals surface area contributed by atoms with Gasteiger partial charge in [-0.15, -0.1) is 0 Å². The number of piperidine rings is 1. The third-order valence-electron chi connectivity index (χ3n) is 3.86. The first-order chi connectivity index (χ1) is 9.52. The van der Waals surface area contributed by atoms with Gasteiger partial charge in [-0.1, -0.05) is 0 Å². The van der Waals surface area contributed by atoms with E-state index in [-0.39, 0.29) is 11.7 Å². The molecular formula is C14H19N3O3. The maximum atomic E-state index is 11.2. The average molecular weight is 277 g/mol. The summed E-state index contributed by atoms with van der Waals surface area (Å²) in [5, 5.41) is 11.2. The molecule has 1 heterocycles. The zero-order valence-electron chi connectivity index (χ0n) is 11.8. The topological polar surface area (TPSA) is 66.7 Å². The Morgan fingerprint density at radius 3 is 2.85 bits per heavy atom. The normalized spacial score (nSPS) is 19.6. The molecule has 20 heavy (non-hydrogen) atoms. The van der Waals surface area contributed by atoms with Gasteiger partial charge in [-0.3, -0.25) is 14.9 Å². The van der Waals surface area contributed by atoms with E-state index in [0.29, 0.717) is 17.5 Å². The van der Waals surface area contributed by atoms with Gasteiger partial charge in [-0.25, -0.2) is 0 Å². The van der Waals surface area contributed by atoms with E-state index in [0.717, 1.165) is 25.9 Å². The number of benzene rings is 1. The first-order valence-electron chi connectivity index (χ1n) is 6.68. The van der Waals surface area contributed by atoms with Gasteiger partial charge < -0.3 is 9.80 Å². The molecular weight excluding hydrogens is 258 g/mol. The van der Waals surface area contributed by atoms with Crippen LogP contribution in [0.15, 0.2) is 18.2 Å². The fourth-order valence-electron chi connectivity index (χ4n) is 2.71. The van der Waals surface area contributed by atoms with Crippen molar-refractivity contribution in [2.45, 2.75) is 18.9 Å². The number of aldehydes is 1. The second-order valence-corrected chi connectivity index (χ2v) is 5.29. The van der Waals surface area contributed by atoms with Gasteiger partial charge in [0.25, 0.3) is 5.69 Å². The molecule has 1 unspecified atom stereocenters. The van der Waals surface area contributed by atoms with Crippen LogP contribution in [-0.4, -0.2) is 49.3 Å². The van der Waals surface area contributed by atoms with Gasteiger partial charge in [-0.05, 0) is 38.6 Å². The van der Waals surface area contributed by atoms with Crippen molar-refractivity contribution in [3.8, 4) is 0 Å². The number of likely N-dealkylation sites (N-methyl/N-ethyl adjacent to an activating group) is 2. The average Bonchev–Trinajstić information content (AvgIpc) is 2.45. The summed E-state index contributed by atoms with van der Waals surface area (Å²) in [7, 11) is 3.94. The van der Waals surface area contributed by atoms with E-state index in [9.17, 15) is 14.9 Å². The fraction of sp³-hybridized carbons (Fsp3) is 0.500. The smallest absolute Gasteiger partial charge is 0.293 e. The molecule has 0 spiro atoms. The quantitative estimate of drug-likeness (QED) is 0.478. The molecule has 0 saturated carbocycles. The number of hydrogen-bond donors (Lipinski definition) is 0. The Bertz CT molecular complexity index is 518. The summed E-state index contributed by atoms with van der Waals surface area (Å²) < 4.78 is 0. The highest BCUT2D eigenvalue weighted by atomic mass is 16.6. The van der Waals surface area contributed by atoms with Gasteiger partial charge in [0, 0.05) is 31.3 Å². The zero-order chi connectivity index (χ0) is 14.7. The number of likely N-dealkylation sites (tertiary alicyclic amines) is 1. The first kappa shape index (κ1) is 14.5. The first-order valence-corrected chi connectivity index (χ1v) is 6.68. The van der Waals surface area contributed by atoms with Crippen molar-refractivity contribution >= 4 is 17.7 Å². The zero-order valence-corrected chi connectivity index (χ0v) is 11.8. The monoisotopic (exact) mass is 277 g/mol. The summed E-state index contributed by atoms with van der Waals surface area (Å²) in [5.41, 5.74) is 0.890. The third kappa shape index (κ3) is 2.96. The number of nitro benzene ring substituents is 1. The number of anilines is 1. The molecule has 1 aromatic carbocycles. The van der Waals surface area contributed by atoms with Gasteiger partial charge in [-0.2, -0.15) is 0 Å². The molecule has 6 nitrogen and oxygen atoms in total. The van der Waals surface area contributed by atoms with Crippen LogP contribution in [-0.2, 0) is 0 Å². The summed E-state index contributed by atoms with van der Waals surface area (Å²) in [4.78, 5) is 25.7. The number of hydrogen-bond acceptors (Lipinski definition) is 5. The predicted molar refractivity (Wildman–Crippen MR) is 77.4 cm³/mol. The Kier molecular flexibility index (Phi) is 4.34. The standard InChI is InChI=1S/C14H19N3O3/c1-15-7-3-4-12(9-15)16(2)13-6-5-11(10-18)8-14(13)17(19)20/h5-6,8,10,12H,3-4,7,9H2,1-2H3. The molecule has 1 fully saturated rings. The Balaban J connectivity index is 2.30. The fourth-order valence-corrected chi connectivity index (χ4v) is 2.71. The maximum Gasteiger partial charge on any atom is 0.293 e. The summed E-state index contributed by atoms with van der Waals surface area (Å²) in [5.74, 6) is 0. The van der Waals surface area contributed by atoms with Crippen LogP contribution in [0, 0.1) is 10.1 Å². The van der Waals surface area contributed by atoms with Crippen molar-refractivity contribution in [3.05, 3.63) is 33.9 Å². The molecule has 6 heteroatoms. The molecule has 1 aliphatic rings. The van der Waals surface area contributed by atoms with Crippen LogP contribution < -0.4 is 4.90 Å². The number of carbonyl (C=O) groups excluding carboxylic acids is 1. The molecule has 1 aliphatic heterocycles. The molecule has 1 saturated heterocycles. The van der Waals surface area contributed by atoms with Gasteiger partial charge in [0.15, 0.2) is 0 Å². The third-order valence-corrected chi connectivity index (χ3v) is 3.86. The molecule has 0 amide bonds. The minimum absolute atomic E-state index is 0.00896. The Morgan fingerprint density at radius 2 is 2.25 bits per heavy atom. The highest BCUT2D eigenvalue weighted by molar-refractivity contribution is 5.79. The number of nitrogens with zero attached hydrogens (tertiary/aromatic N) is 3. The summed E-state index contributed by atoms with van der Waals surface area (Å²) in [6, 6.07) is 4.88. The Hall–Kier alpha value is -1.95. The van der Waals surface area contributed by atoms with E-state index in [4.69, 9.17) is 0 Å². The molecule has 108 valence electrons. The lowest BCUT2D eigenvalue weighted by Gasteiger charge is -2.36. The molecule has 0 aliphatic carbocycles. The lowest BCUT2D eigenvalue weighted by Crippen LogP contribution is -2.45. The maximum absolute atomic E-state index is 11.2. The van der Waals surface area contributed by atoms with Gasteiger partial charge in [0.2, 0.25) is 0 Å². The number of rotatable bonds is 4. The minimum Gasteiger partial charge on any atom is -0.365 e. The van der Waals surface area contributed by atoms with Crippen molar-refractivity contribution in [3.63, 3.8) is 0 Å². The van der Waals surface area contributed by atoms with Crippen LogP contribution in [0.25, 0.3) is 0 Å². The highest BCUT2D eigenvalue weighted by Crippen LogP contribution is 2.31. The van der Waals surface area contributed by atoms with Crippen LogP contribution in [0.4, 0.5) is 11.4 Å². The van der Waals surface area contributed by atoms with Crippen LogP contribution in [0.2, 0.25) is 0 Å². The summed E-state index contributed by atoms with van der Waals surface area (Å²) in [6.07, 6.45) is 2.74. The second-order valence-electron chi connectivity index (χ2n) is 5.29. The van der Waals surface area contributed by atoms with E-state index in [1.165, 1.54) is 6.07 Å². The molecule has 0 N–H and O–H groups in total. The van der Waals surface area contributed by atoms with Crippen molar-refractivity contribution in [1.29, 1.82) is 0 Å². The Labute approximate surface area is 118 Å². The van der Waals surface area contributed by atoms with Gasteiger partial charge in [0.05, 0.1) is 4.92 Å². The molecule has 2 rings (SSSR count). The van der Waals surface area contributed by atoms with Crippen LogP contribution in [0.1, 0.15) is 23.2 Å². The molecule has 1 aromatic rings. The summed E-state index contributed by atoms with van der Waals surface area (Å²) >= 11 is 0. The lowest BCUT2D eigenvalue weighted by molar-refractivity contribution is -0.384. The number of carbonyl (C=O) groups is 1. The molecule has 1 atom stereocenters. The van der Waals surface area contributed by atoms with E-state index in [2.05, 4.69) is 11.9 Å². The largest absolute Gasteiger partial charge is 0.365 e. The molecule has 0 radical (unpaired) electrons. The highest BCUT2D eigenvalue weighted by Gasteiger charge is 2.26. The van der Waals surface area contributed by atoms with Crippen molar-refractivity contribution in [1.82, 2.24) is 4.90 Å². The van der Waals surface area contributed by atoms with E-state index >= 15 is 0 Å². The number of nitro groups is 1. The lowest BCUT2D eigenvalue weighted by atomic mass is 10.0. The van der Waals surface area contributed by atoms with Gasteiger partial charge in [0.1, 0.15) is 12.0 Å². The van der Waals surface area contributed by atoms with Crippen molar-refractivity contribution in [2.75, 3.05) is 32.1 Å². The van der Waals surface area contributed by atoms with E-state index in [1.54, 1.807) is 12.1 Å². The van der Waals surface area contributed by atoms with Crippen LogP contribution in [0.5, 0.6) is 0 Å². The Morgan fingerprint density at radius 1 is 1.50 bits per heavy atom. The van der Waals surface area contributed by atoms with Crippen molar-refractivity contribution in [2.24, 2.45) is 0 Å². The van der Waals surface area contributed by atoms with E-state index < -0.39 is 4.92 Å². The van der Waals surface area contributed by atoms with E-state index in [1.807, 2.05) is 11.9 Å². The minimum atomic E-state index is -0.425.